The van der Waals surface area contributed by atoms with Crippen molar-refractivity contribution in [3.05, 3.63) is 41.7 Å². The zero-order valence-electron chi connectivity index (χ0n) is 12.5. The van der Waals surface area contributed by atoms with Crippen molar-refractivity contribution in [2.24, 2.45) is 0 Å². The van der Waals surface area contributed by atoms with Crippen LogP contribution in [-0.2, 0) is 17.9 Å². The number of nitrogens with zero attached hydrogens (tertiary/aromatic N) is 2. The smallest absolute Gasteiger partial charge is 0.241 e. The Labute approximate surface area is 124 Å². The van der Waals surface area contributed by atoms with E-state index in [0.717, 1.165) is 22.6 Å². The highest BCUT2D eigenvalue weighted by atomic mass is 16.5. The minimum atomic E-state index is -0.0737. The molecule has 2 N–H and O–H groups in total. The lowest BCUT2D eigenvalue weighted by atomic mass is 10.1. The van der Waals surface area contributed by atoms with Gasteiger partial charge in [-0.15, -0.1) is 0 Å². The molecule has 112 valence electrons. The number of hydrogen-bond donors (Lipinski definition) is 2. The summed E-state index contributed by atoms with van der Waals surface area (Å²) in [7, 11) is 3.28. The van der Waals surface area contributed by atoms with E-state index in [0.29, 0.717) is 6.54 Å². The van der Waals surface area contributed by atoms with Crippen LogP contribution in [0.15, 0.2) is 30.6 Å². The summed E-state index contributed by atoms with van der Waals surface area (Å²) in [6, 6.07) is 6.07. The third-order valence-electron chi connectivity index (χ3n) is 3.17. The molecular formula is C15H20N4O2. The molecule has 6 nitrogen and oxygen atoms in total. The Balaban J connectivity index is 1.94. The molecule has 1 heterocycles. The molecular weight excluding hydrogens is 268 g/mol. The first-order valence-corrected chi connectivity index (χ1v) is 6.73. The number of aromatic nitrogens is 2. The van der Waals surface area contributed by atoms with E-state index in [1.54, 1.807) is 25.0 Å². The van der Waals surface area contributed by atoms with Crippen molar-refractivity contribution >= 4 is 11.6 Å². The van der Waals surface area contributed by atoms with Gasteiger partial charge in [-0.25, -0.2) is 0 Å². The Morgan fingerprint density at radius 2 is 2.24 bits per heavy atom. The van der Waals surface area contributed by atoms with E-state index in [1.165, 1.54) is 0 Å². The lowest BCUT2D eigenvalue weighted by Gasteiger charge is -2.08. The highest BCUT2D eigenvalue weighted by molar-refractivity contribution is 5.75. The van der Waals surface area contributed by atoms with Gasteiger partial charge in [-0.1, -0.05) is 12.1 Å². The summed E-state index contributed by atoms with van der Waals surface area (Å²) < 4.78 is 6.84. The van der Waals surface area contributed by atoms with Crippen LogP contribution in [-0.4, -0.2) is 29.8 Å². The van der Waals surface area contributed by atoms with Gasteiger partial charge in [0.25, 0.3) is 0 Å². The van der Waals surface area contributed by atoms with Gasteiger partial charge in [-0.3, -0.25) is 9.48 Å². The van der Waals surface area contributed by atoms with Crippen molar-refractivity contribution in [3.63, 3.8) is 0 Å². The molecule has 1 amide bonds. The summed E-state index contributed by atoms with van der Waals surface area (Å²) in [5.74, 6) is 0.813. The van der Waals surface area contributed by atoms with Crippen molar-refractivity contribution in [2.75, 3.05) is 19.5 Å². The molecule has 2 aromatic rings. The van der Waals surface area contributed by atoms with E-state index < -0.39 is 0 Å². The van der Waals surface area contributed by atoms with Crippen LogP contribution in [0.2, 0.25) is 0 Å². The second-order valence-corrected chi connectivity index (χ2v) is 4.76. The molecule has 0 unspecified atom stereocenters. The number of amides is 1. The molecule has 0 spiro atoms. The first-order chi connectivity index (χ1) is 10.1. The SMILES string of the molecule is CNC(=O)Cn1cc(NCc2ccc(OC)c(C)c2)cn1. The molecule has 0 saturated carbocycles. The quantitative estimate of drug-likeness (QED) is 0.846. The van der Waals surface area contributed by atoms with Crippen LogP contribution in [0.5, 0.6) is 5.75 Å². The van der Waals surface area contributed by atoms with Crippen LogP contribution in [0.25, 0.3) is 0 Å². The van der Waals surface area contributed by atoms with Gasteiger partial charge in [-0.05, 0) is 24.1 Å². The van der Waals surface area contributed by atoms with Crippen LogP contribution in [0.1, 0.15) is 11.1 Å². The summed E-state index contributed by atoms with van der Waals surface area (Å²) in [5, 5.41) is 9.98. The number of aryl methyl sites for hydroxylation is 1. The lowest BCUT2D eigenvalue weighted by Crippen LogP contribution is -2.23. The number of carbonyl (C=O) groups is 1. The second-order valence-electron chi connectivity index (χ2n) is 4.76. The first kappa shape index (κ1) is 14.9. The third-order valence-corrected chi connectivity index (χ3v) is 3.17. The zero-order valence-corrected chi connectivity index (χ0v) is 12.5. The van der Waals surface area contributed by atoms with Crippen molar-refractivity contribution < 1.29 is 9.53 Å². The summed E-state index contributed by atoms with van der Waals surface area (Å²) in [4.78, 5) is 11.3. The molecule has 0 saturated heterocycles. The van der Waals surface area contributed by atoms with Gasteiger partial charge in [0, 0.05) is 19.8 Å². The van der Waals surface area contributed by atoms with E-state index >= 15 is 0 Å². The first-order valence-electron chi connectivity index (χ1n) is 6.73. The highest BCUT2D eigenvalue weighted by Gasteiger charge is 2.04. The molecule has 0 atom stereocenters. The Hall–Kier alpha value is -2.50. The average molecular weight is 288 g/mol. The van der Waals surface area contributed by atoms with E-state index in [9.17, 15) is 4.79 Å². The van der Waals surface area contributed by atoms with E-state index in [-0.39, 0.29) is 12.5 Å². The maximum atomic E-state index is 11.3. The van der Waals surface area contributed by atoms with E-state index in [4.69, 9.17) is 4.74 Å². The van der Waals surface area contributed by atoms with Crippen LogP contribution in [0, 0.1) is 6.92 Å². The average Bonchev–Trinajstić information content (AvgIpc) is 2.92. The van der Waals surface area contributed by atoms with Gasteiger partial charge in [-0.2, -0.15) is 5.10 Å². The number of hydrogen-bond acceptors (Lipinski definition) is 4. The number of likely N-dealkylation sites (N-methyl/N-ethyl adjacent to an activating group) is 1. The molecule has 0 aliphatic rings. The van der Waals surface area contributed by atoms with Gasteiger partial charge in [0.15, 0.2) is 0 Å². The molecule has 0 fully saturated rings. The highest BCUT2D eigenvalue weighted by Crippen LogP contribution is 2.19. The predicted molar refractivity (Wildman–Crippen MR) is 81.4 cm³/mol. The molecule has 1 aromatic carbocycles. The topological polar surface area (TPSA) is 68.2 Å². The van der Waals surface area contributed by atoms with Gasteiger partial charge >= 0.3 is 0 Å². The Bertz CT molecular complexity index is 622. The minimum absolute atomic E-state index is 0.0737. The summed E-state index contributed by atoms with van der Waals surface area (Å²) >= 11 is 0. The number of carbonyl (C=O) groups excluding carboxylic acids is 1. The number of anilines is 1. The fraction of sp³-hybridized carbons (Fsp3) is 0.333. The Morgan fingerprint density at radius 1 is 1.43 bits per heavy atom. The van der Waals surface area contributed by atoms with Crippen molar-refractivity contribution in [2.45, 2.75) is 20.0 Å². The maximum absolute atomic E-state index is 11.3. The number of nitrogens with one attached hydrogen (secondary N) is 2. The van der Waals surface area contributed by atoms with Gasteiger partial charge < -0.3 is 15.4 Å². The third kappa shape index (κ3) is 3.98. The van der Waals surface area contributed by atoms with E-state index in [1.807, 2.05) is 25.3 Å². The Morgan fingerprint density at radius 3 is 2.90 bits per heavy atom. The zero-order chi connectivity index (χ0) is 15.2. The number of rotatable bonds is 6. The summed E-state index contributed by atoms with van der Waals surface area (Å²) in [5.41, 5.74) is 3.15. The fourth-order valence-electron chi connectivity index (χ4n) is 2.02. The van der Waals surface area contributed by atoms with Crippen LogP contribution < -0.4 is 15.4 Å². The molecule has 21 heavy (non-hydrogen) atoms. The normalized spacial score (nSPS) is 10.2. The Kier molecular flexibility index (Phi) is 4.81. The number of ether oxygens (including phenoxy) is 1. The fourth-order valence-corrected chi connectivity index (χ4v) is 2.02. The molecule has 1 aromatic heterocycles. The number of methoxy groups -OCH3 is 1. The largest absolute Gasteiger partial charge is 0.496 e. The monoisotopic (exact) mass is 288 g/mol. The van der Waals surface area contributed by atoms with Crippen LogP contribution >= 0.6 is 0 Å². The summed E-state index contributed by atoms with van der Waals surface area (Å²) in [6.45, 7) is 2.93. The van der Waals surface area contributed by atoms with Crippen LogP contribution in [0.3, 0.4) is 0 Å². The van der Waals surface area contributed by atoms with Crippen LogP contribution in [0.4, 0.5) is 5.69 Å². The minimum Gasteiger partial charge on any atom is -0.496 e. The maximum Gasteiger partial charge on any atom is 0.241 e. The van der Waals surface area contributed by atoms with Gasteiger partial charge in [0.05, 0.1) is 19.0 Å². The summed E-state index contributed by atoms with van der Waals surface area (Å²) in [6.07, 6.45) is 3.52. The molecule has 0 bridgehead atoms. The molecule has 2 rings (SSSR count). The molecule has 0 radical (unpaired) electrons. The van der Waals surface area contributed by atoms with Gasteiger partial charge in [0.1, 0.15) is 12.3 Å². The number of benzene rings is 1. The second kappa shape index (κ2) is 6.78. The van der Waals surface area contributed by atoms with Crippen molar-refractivity contribution in [3.8, 4) is 5.75 Å². The molecule has 6 heteroatoms. The molecule has 0 aliphatic carbocycles. The standard InChI is InChI=1S/C15H20N4O2/c1-11-6-12(4-5-14(11)21-3)7-17-13-8-18-19(9-13)10-15(20)16-2/h4-6,8-9,17H,7,10H2,1-3H3,(H,16,20). The predicted octanol–water partition coefficient (Wildman–Crippen LogP) is 1.56. The van der Waals surface area contributed by atoms with Crippen molar-refractivity contribution in [1.29, 1.82) is 0 Å². The van der Waals surface area contributed by atoms with Crippen molar-refractivity contribution in [1.82, 2.24) is 15.1 Å². The lowest BCUT2D eigenvalue weighted by molar-refractivity contribution is -0.121. The van der Waals surface area contributed by atoms with E-state index in [2.05, 4.69) is 21.8 Å². The van der Waals surface area contributed by atoms with Gasteiger partial charge in [0.2, 0.25) is 5.91 Å². The molecule has 0 aliphatic heterocycles.